The Hall–Kier alpha value is -3.21. The van der Waals surface area contributed by atoms with Gasteiger partial charge in [0.2, 0.25) is 0 Å². The van der Waals surface area contributed by atoms with Gasteiger partial charge >= 0.3 is 113 Å². The summed E-state index contributed by atoms with van der Waals surface area (Å²) in [6.07, 6.45) is 2.46. The number of hydrogen-bond donors (Lipinski definition) is 2. The van der Waals surface area contributed by atoms with Gasteiger partial charge in [-0.15, -0.1) is 0 Å². The third-order valence-corrected chi connectivity index (χ3v) is 18.7. The van der Waals surface area contributed by atoms with Crippen LogP contribution in [-0.4, -0.2) is 110 Å². The molecule has 0 amide bonds. The minimum atomic E-state index is -5.84. The number of rotatable bonds is 8. The topological polar surface area (TPSA) is 440 Å². The van der Waals surface area contributed by atoms with Gasteiger partial charge in [0.15, 0.2) is 0 Å². The molecule has 8 aromatic rings. The van der Waals surface area contributed by atoms with E-state index in [-0.39, 0.29) is 173 Å². The van der Waals surface area contributed by atoms with Gasteiger partial charge in [-0.25, -0.2) is 72.9 Å². The Labute approximate surface area is 514 Å². The molecule has 372 valence electrons. The molecule has 10 rings (SSSR count). The third-order valence-electron chi connectivity index (χ3n) is 11.4. The van der Waals surface area contributed by atoms with E-state index in [4.69, 9.17) is 0 Å². The molecule has 0 fully saturated rings. The number of nitrogens with one attached hydrogen (secondary N) is 2. The zero-order valence-corrected chi connectivity index (χ0v) is 46.4. The fourth-order valence-corrected chi connectivity index (χ4v) is 14.8. The molecule has 0 saturated heterocycles. The van der Waals surface area contributed by atoms with Gasteiger partial charge in [-0.2, -0.15) is 0 Å². The van der Waals surface area contributed by atoms with E-state index in [2.05, 4.69) is 19.9 Å². The SMILES string of the molecule is O=S(=O)([O-])c1cc2c(cc1S(=O)(=O)[O-])-c1cc3[nH]c(cc4nc(cc5[nH]c(cc-2n1)c1ccc(S(=O)(=O)n2cccc2)cc51)-c1cc(S(=O)(=O)[O-])c(S(=O)(=O)[O-])cc1-4)c1cc(S(=O)(=O)[O-])c(S(=O)(=O)[O-])cc31.[Li+].[Li+].[Li+].[Li+].[Li+].[Li+]. The first-order chi connectivity index (χ1) is 33.2. The van der Waals surface area contributed by atoms with Crippen LogP contribution >= 0.6 is 0 Å². The van der Waals surface area contributed by atoms with Crippen LogP contribution in [0.2, 0.25) is 0 Å². The van der Waals surface area contributed by atoms with Gasteiger partial charge in [0.25, 0.3) is 10.0 Å². The summed E-state index contributed by atoms with van der Waals surface area (Å²) in [6.45, 7) is 0. The summed E-state index contributed by atoms with van der Waals surface area (Å²) in [4.78, 5) is 5.19. The van der Waals surface area contributed by atoms with Crippen molar-refractivity contribution in [2.24, 2.45) is 0 Å². The van der Waals surface area contributed by atoms with E-state index < -0.39 is 133 Å². The van der Waals surface area contributed by atoms with Crippen LogP contribution in [0.25, 0.3) is 88.6 Å². The Morgan fingerprint density at radius 2 is 0.590 bits per heavy atom. The Morgan fingerprint density at radius 1 is 0.333 bits per heavy atom. The molecule has 2 aliphatic heterocycles. The number of hydrogen-bond acceptors (Lipinski definition) is 22. The average molecular weight is 1160 g/mol. The second kappa shape index (κ2) is 22.5. The Kier molecular flexibility index (Phi) is 19.4. The smallest absolute Gasteiger partial charge is 0.744 e. The summed E-state index contributed by atoms with van der Waals surface area (Å²) in [6, 6.07) is 13.8. The third kappa shape index (κ3) is 12.0. The van der Waals surface area contributed by atoms with Gasteiger partial charge in [-0.1, -0.05) is 6.07 Å². The fourth-order valence-electron chi connectivity index (χ4n) is 8.39. The van der Waals surface area contributed by atoms with Gasteiger partial charge in [-0.05, 0) is 84.9 Å². The minimum Gasteiger partial charge on any atom is -0.744 e. The predicted octanol–water partition coefficient (Wildman–Crippen LogP) is -15.2. The molecular formula is C40H19Li6N5O20S7. The maximum atomic E-state index is 13.8. The van der Waals surface area contributed by atoms with Crippen molar-refractivity contribution >= 4 is 114 Å². The van der Waals surface area contributed by atoms with Gasteiger partial charge in [-0.3, -0.25) is 0 Å². The molecule has 6 heterocycles. The number of fused-ring (bicyclic) bond motifs is 20. The van der Waals surface area contributed by atoms with Crippen LogP contribution in [0.1, 0.15) is 0 Å². The van der Waals surface area contributed by atoms with E-state index in [9.17, 15) is 86.2 Å². The number of aromatic nitrogens is 5. The first-order valence-electron chi connectivity index (χ1n) is 19.4. The van der Waals surface area contributed by atoms with Crippen molar-refractivity contribution in [1.29, 1.82) is 0 Å². The van der Waals surface area contributed by atoms with E-state index in [0.717, 1.165) is 22.2 Å². The maximum Gasteiger partial charge on any atom is 1.00 e. The molecule has 78 heavy (non-hydrogen) atoms. The monoisotopic (exact) mass is 1150 g/mol. The fraction of sp³-hybridized carbons (Fsp3) is 0. The predicted molar refractivity (Wildman–Crippen MR) is 240 cm³/mol. The van der Waals surface area contributed by atoms with E-state index in [0.29, 0.717) is 36.4 Å². The van der Waals surface area contributed by atoms with Crippen LogP contribution in [0.5, 0.6) is 0 Å². The standard InChI is InChI=1S/C40H25N5O20S7.6Li/c46-66(47,45-5-1-2-6-45)18-3-4-19-20(7-18)28-15-30-23-10-37(69(54,55)56)38(70(57,58)59)11-24(23)32(43-30)17-34-26-13-40(72(63,64)65)39(71(60,61)62)12-25(26)33(44-34)16-31-22-9-36(68(51,52)53)35(67(48,49)50)8-21(22)29(42-31)14-27(19)41-28;;;;;;/h1-17,41,44H,(H,48,49,50)(H,51,52,53)(H,54,55,56)(H,57,58,59)(H,60,61,62)(H,63,64,65);;;;;;/q;6*+1/p-6. The molecule has 0 spiro atoms. The molecule has 0 radical (unpaired) electrons. The van der Waals surface area contributed by atoms with Crippen molar-refractivity contribution in [3.05, 3.63) is 103 Å². The van der Waals surface area contributed by atoms with Crippen LogP contribution in [0.15, 0.2) is 138 Å². The molecule has 0 aliphatic carbocycles. The van der Waals surface area contributed by atoms with Gasteiger partial charge in [0.05, 0.1) is 57.0 Å². The molecule has 0 atom stereocenters. The zero-order valence-electron chi connectivity index (χ0n) is 40.7. The minimum absolute atomic E-state index is 0. The van der Waals surface area contributed by atoms with Crippen molar-refractivity contribution in [3.63, 3.8) is 0 Å². The van der Waals surface area contributed by atoms with Crippen LogP contribution < -0.4 is 113 Å². The molecule has 2 N–H and O–H groups in total. The summed E-state index contributed by atoms with van der Waals surface area (Å²) in [5.41, 5.74) is -3.91. The van der Waals surface area contributed by atoms with Crippen LogP contribution in [-0.2, 0) is 70.7 Å². The Morgan fingerprint density at radius 3 is 0.872 bits per heavy atom. The molecule has 2 aliphatic rings. The second-order valence-corrected chi connectivity index (χ2v) is 25.7. The van der Waals surface area contributed by atoms with Crippen LogP contribution in [0.3, 0.4) is 0 Å². The second-order valence-electron chi connectivity index (χ2n) is 15.7. The Bertz CT molecular complexity index is 4890. The van der Waals surface area contributed by atoms with Crippen LogP contribution in [0.4, 0.5) is 0 Å². The number of benzene rings is 4. The average Bonchev–Trinajstić information content (AvgIpc) is 4.10. The van der Waals surface area contributed by atoms with E-state index in [1.54, 1.807) is 0 Å². The first kappa shape index (κ1) is 67.3. The van der Waals surface area contributed by atoms with E-state index >= 15 is 0 Å². The summed E-state index contributed by atoms with van der Waals surface area (Å²) in [7, 11) is -39.2. The van der Waals surface area contributed by atoms with Crippen LogP contribution in [0, 0.1) is 0 Å². The number of H-pyrrole nitrogens is 2. The maximum absolute atomic E-state index is 13.8. The van der Waals surface area contributed by atoms with E-state index in [1.165, 1.54) is 48.8 Å². The first-order valence-corrected chi connectivity index (χ1v) is 29.3. The van der Waals surface area contributed by atoms with E-state index in [1.807, 2.05) is 0 Å². The largest absolute Gasteiger partial charge is 1.00 e. The summed E-state index contributed by atoms with van der Waals surface area (Å²) in [5.74, 6) is 0. The van der Waals surface area contributed by atoms with Crippen molar-refractivity contribution < 1.29 is 199 Å². The van der Waals surface area contributed by atoms with Crippen molar-refractivity contribution in [2.75, 3.05) is 0 Å². The van der Waals surface area contributed by atoms with Gasteiger partial charge in [0, 0.05) is 78.3 Å². The summed E-state index contributed by atoms with van der Waals surface area (Å²) >= 11 is 0. The molecule has 0 saturated carbocycles. The van der Waals surface area contributed by atoms with Gasteiger partial charge < -0.3 is 37.3 Å². The zero-order chi connectivity index (χ0) is 52.2. The number of nitrogens with zero attached hydrogens (tertiary/aromatic N) is 3. The van der Waals surface area contributed by atoms with Gasteiger partial charge in [0.1, 0.15) is 60.7 Å². The molecule has 38 heteroatoms. The molecule has 25 nitrogen and oxygen atoms in total. The molecule has 8 bridgehead atoms. The van der Waals surface area contributed by atoms with Crippen molar-refractivity contribution in [2.45, 2.75) is 34.3 Å². The summed E-state index contributed by atoms with van der Waals surface area (Å²) in [5, 5.41) is -0.712. The molecule has 4 aromatic heterocycles. The quantitative estimate of drug-likeness (QED) is 0.105. The summed E-state index contributed by atoms with van der Waals surface area (Å²) < 4.78 is 254. The number of aromatic amines is 2. The normalized spacial score (nSPS) is 12.6. The molecule has 0 unspecified atom stereocenters. The Balaban J connectivity index is 0.00000219. The molecular weight excluding hydrogens is 1140 g/mol. The van der Waals surface area contributed by atoms with Crippen molar-refractivity contribution in [3.8, 4) is 45.0 Å². The van der Waals surface area contributed by atoms with Crippen molar-refractivity contribution in [1.82, 2.24) is 23.9 Å². The molecule has 4 aromatic carbocycles.